The van der Waals surface area contributed by atoms with Crippen molar-refractivity contribution < 1.29 is 29.3 Å². The van der Waals surface area contributed by atoms with E-state index in [2.05, 4.69) is 0 Å². The van der Waals surface area contributed by atoms with Crippen molar-refractivity contribution >= 4 is 11.9 Å². The second-order valence-corrected chi connectivity index (χ2v) is 5.62. The molecule has 2 rings (SSSR count). The molecule has 6 nitrogen and oxygen atoms in total. The minimum atomic E-state index is -0.461. The average Bonchev–Trinajstić information content (AvgIpc) is 2.50. The van der Waals surface area contributed by atoms with Crippen LogP contribution in [0, 0.1) is 0 Å². The zero-order valence-electron chi connectivity index (χ0n) is 14.1. The number of hydrogen-bond donors (Lipinski definition) is 2. The van der Waals surface area contributed by atoms with Crippen LogP contribution in [0.4, 0.5) is 0 Å². The van der Waals surface area contributed by atoms with Crippen LogP contribution in [-0.2, 0) is 22.4 Å². The number of aromatic hydroxyl groups is 2. The Bertz CT molecular complexity index is 781. The van der Waals surface area contributed by atoms with E-state index in [1.165, 1.54) is 32.0 Å². The molecule has 0 heterocycles. The van der Waals surface area contributed by atoms with Crippen molar-refractivity contribution in [3.8, 4) is 23.0 Å². The third kappa shape index (κ3) is 5.53. The van der Waals surface area contributed by atoms with Gasteiger partial charge in [-0.3, -0.25) is 9.59 Å². The minimum absolute atomic E-state index is 0.0134. The van der Waals surface area contributed by atoms with Crippen LogP contribution in [0.5, 0.6) is 23.0 Å². The molecule has 2 aromatic carbocycles. The van der Waals surface area contributed by atoms with Crippen LogP contribution < -0.4 is 9.47 Å². The van der Waals surface area contributed by atoms with E-state index in [-0.39, 0.29) is 11.5 Å². The minimum Gasteiger partial charge on any atom is -0.508 e. The zero-order chi connectivity index (χ0) is 18.4. The molecule has 0 unspecified atom stereocenters. The topological polar surface area (TPSA) is 93.1 Å². The third-order valence-corrected chi connectivity index (χ3v) is 3.52. The molecule has 0 bridgehead atoms. The zero-order valence-corrected chi connectivity index (χ0v) is 14.1. The molecular formula is C19H20O6. The Labute approximate surface area is 145 Å². The summed E-state index contributed by atoms with van der Waals surface area (Å²) in [5, 5.41) is 19.1. The summed E-state index contributed by atoms with van der Waals surface area (Å²) < 4.78 is 10.2. The lowest BCUT2D eigenvalue weighted by atomic mass is 10.0. The van der Waals surface area contributed by atoms with Crippen molar-refractivity contribution in [2.24, 2.45) is 0 Å². The van der Waals surface area contributed by atoms with Crippen LogP contribution in [0.15, 0.2) is 36.4 Å². The molecule has 0 aliphatic heterocycles. The lowest BCUT2D eigenvalue weighted by Gasteiger charge is -2.11. The summed E-state index contributed by atoms with van der Waals surface area (Å²) in [4.78, 5) is 22.3. The summed E-state index contributed by atoms with van der Waals surface area (Å²) >= 11 is 0. The molecule has 2 aromatic rings. The summed E-state index contributed by atoms with van der Waals surface area (Å²) in [5.74, 6) is -0.198. The van der Waals surface area contributed by atoms with Crippen molar-refractivity contribution in [3.63, 3.8) is 0 Å². The Hall–Kier alpha value is -3.02. The smallest absolute Gasteiger partial charge is 0.308 e. The predicted octanol–water partition coefficient (Wildman–Crippen LogP) is 3.12. The first-order valence-electron chi connectivity index (χ1n) is 7.86. The van der Waals surface area contributed by atoms with Gasteiger partial charge in [-0.25, -0.2) is 0 Å². The highest BCUT2D eigenvalue weighted by Crippen LogP contribution is 2.28. The van der Waals surface area contributed by atoms with Crippen LogP contribution in [0.25, 0.3) is 0 Å². The molecule has 2 N–H and O–H groups in total. The van der Waals surface area contributed by atoms with Gasteiger partial charge in [0.25, 0.3) is 0 Å². The molecule has 6 heteroatoms. The molecule has 0 aliphatic rings. The standard InChI is InChI=1S/C19H20O6/c1-12(20)24-17-9-7-15(19(11-17)25-13(2)21)5-3-4-14-6-8-16(22)10-18(14)23/h6-11,22-23H,3-5H2,1-2H3. The lowest BCUT2D eigenvalue weighted by molar-refractivity contribution is -0.132. The maximum atomic E-state index is 11.3. The Kier molecular flexibility index (Phi) is 6.00. The van der Waals surface area contributed by atoms with Crippen LogP contribution in [-0.4, -0.2) is 22.2 Å². The summed E-state index contributed by atoms with van der Waals surface area (Å²) in [6.07, 6.45) is 1.89. The Balaban J connectivity index is 2.09. The normalized spacial score (nSPS) is 10.3. The van der Waals surface area contributed by atoms with E-state index < -0.39 is 11.9 Å². The maximum absolute atomic E-state index is 11.3. The van der Waals surface area contributed by atoms with Crippen LogP contribution in [0.2, 0.25) is 0 Å². The molecule has 0 amide bonds. The largest absolute Gasteiger partial charge is 0.508 e. The summed E-state index contributed by atoms with van der Waals surface area (Å²) in [7, 11) is 0. The van der Waals surface area contributed by atoms with Gasteiger partial charge in [0.2, 0.25) is 0 Å². The number of aryl methyl sites for hydroxylation is 2. The first-order chi connectivity index (χ1) is 11.8. The van der Waals surface area contributed by atoms with E-state index in [1.54, 1.807) is 18.2 Å². The third-order valence-electron chi connectivity index (χ3n) is 3.52. The van der Waals surface area contributed by atoms with Gasteiger partial charge in [0, 0.05) is 26.0 Å². The van der Waals surface area contributed by atoms with Gasteiger partial charge in [-0.05, 0) is 42.5 Å². The maximum Gasteiger partial charge on any atom is 0.308 e. The predicted molar refractivity (Wildman–Crippen MR) is 90.9 cm³/mol. The van der Waals surface area contributed by atoms with Crippen LogP contribution in [0.1, 0.15) is 31.4 Å². The molecule has 0 fully saturated rings. The Morgan fingerprint density at radius 1 is 0.880 bits per heavy atom. The van der Waals surface area contributed by atoms with Crippen LogP contribution in [0.3, 0.4) is 0 Å². The molecule has 0 saturated carbocycles. The fourth-order valence-corrected chi connectivity index (χ4v) is 2.45. The summed E-state index contributed by atoms with van der Waals surface area (Å²) in [5.41, 5.74) is 1.52. The van der Waals surface area contributed by atoms with E-state index in [9.17, 15) is 19.8 Å². The van der Waals surface area contributed by atoms with Crippen molar-refractivity contribution in [1.29, 1.82) is 0 Å². The monoisotopic (exact) mass is 344 g/mol. The highest BCUT2D eigenvalue weighted by molar-refractivity contribution is 5.71. The van der Waals surface area contributed by atoms with Gasteiger partial charge in [0.15, 0.2) is 0 Å². The van der Waals surface area contributed by atoms with Crippen molar-refractivity contribution in [1.82, 2.24) is 0 Å². The molecule has 0 spiro atoms. The molecule has 25 heavy (non-hydrogen) atoms. The number of carbonyl (C=O) groups excluding carboxylic acids is 2. The number of ether oxygens (including phenoxy) is 2. The number of benzene rings is 2. The average molecular weight is 344 g/mol. The molecule has 132 valence electrons. The molecular weight excluding hydrogens is 324 g/mol. The number of phenols is 2. The van der Waals surface area contributed by atoms with Crippen molar-refractivity contribution in [2.45, 2.75) is 33.1 Å². The lowest BCUT2D eigenvalue weighted by Crippen LogP contribution is -2.06. The Morgan fingerprint density at radius 3 is 2.16 bits per heavy atom. The Morgan fingerprint density at radius 2 is 1.52 bits per heavy atom. The van der Waals surface area contributed by atoms with Gasteiger partial charge in [-0.2, -0.15) is 0 Å². The highest BCUT2D eigenvalue weighted by atomic mass is 16.5. The second-order valence-electron chi connectivity index (χ2n) is 5.62. The van der Waals surface area contributed by atoms with Gasteiger partial charge >= 0.3 is 11.9 Å². The fraction of sp³-hybridized carbons (Fsp3) is 0.263. The molecule has 0 saturated heterocycles. The summed E-state index contributed by atoms with van der Waals surface area (Å²) in [6.45, 7) is 2.60. The fourth-order valence-electron chi connectivity index (χ4n) is 2.45. The molecule has 0 aliphatic carbocycles. The van der Waals surface area contributed by atoms with E-state index in [4.69, 9.17) is 9.47 Å². The first-order valence-corrected chi connectivity index (χ1v) is 7.86. The van der Waals surface area contributed by atoms with Gasteiger partial charge < -0.3 is 19.7 Å². The highest BCUT2D eigenvalue weighted by Gasteiger charge is 2.11. The van der Waals surface area contributed by atoms with E-state index in [1.807, 2.05) is 0 Å². The second kappa shape index (κ2) is 8.19. The first kappa shape index (κ1) is 18.3. The van der Waals surface area contributed by atoms with Crippen molar-refractivity contribution in [3.05, 3.63) is 47.5 Å². The SMILES string of the molecule is CC(=O)Oc1ccc(CCCc2ccc(O)cc2O)c(OC(C)=O)c1. The molecule has 0 radical (unpaired) electrons. The number of hydrogen-bond acceptors (Lipinski definition) is 6. The number of phenolic OH excluding ortho intramolecular Hbond substituents is 2. The van der Waals surface area contributed by atoms with E-state index in [0.29, 0.717) is 30.8 Å². The number of esters is 2. The number of rotatable bonds is 6. The van der Waals surface area contributed by atoms with Crippen molar-refractivity contribution in [2.75, 3.05) is 0 Å². The number of carbonyl (C=O) groups is 2. The van der Waals surface area contributed by atoms with Crippen LogP contribution >= 0.6 is 0 Å². The van der Waals surface area contributed by atoms with E-state index in [0.717, 1.165) is 11.1 Å². The van der Waals surface area contributed by atoms with Gasteiger partial charge in [0.05, 0.1) is 0 Å². The van der Waals surface area contributed by atoms with Gasteiger partial charge in [-0.15, -0.1) is 0 Å². The van der Waals surface area contributed by atoms with Gasteiger partial charge in [0.1, 0.15) is 23.0 Å². The molecule has 0 aromatic heterocycles. The molecule has 0 atom stereocenters. The quantitative estimate of drug-likeness (QED) is 0.618. The van der Waals surface area contributed by atoms with E-state index >= 15 is 0 Å². The van der Waals surface area contributed by atoms with Gasteiger partial charge in [-0.1, -0.05) is 12.1 Å². The summed E-state index contributed by atoms with van der Waals surface area (Å²) in [6, 6.07) is 9.38.